The molecule has 5 nitrogen and oxygen atoms in total. The number of unbranched alkanes of at least 4 members (excludes halogenated alkanes) is 1. The molecule has 0 fully saturated rings. The van der Waals surface area contributed by atoms with Crippen LogP contribution in [-0.4, -0.2) is 40.5 Å². The highest BCUT2D eigenvalue weighted by molar-refractivity contribution is 7.80. The first kappa shape index (κ1) is 19.6. The van der Waals surface area contributed by atoms with Crippen LogP contribution in [0.25, 0.3) is 0 Å². The number of aliphatic carboxylic acids is 1. The fraction of sp³-hybridized carbons (Fsp3) is 0.833. The maximum atomic E-state index is 10.3. The molecule has 0 radical (unpaired) electrons. The monoisotopic (exact) mass is 279 g/mol. The van der Waals surface area contributed by atoms with Gasteiger partial charge in [-0.2, -0.15) is 12.6 Å². The van der Waals surface area contributed by atoms with E-state index in [-0.39, 0.29) is 5.91 Å². The molecule has 6 heteroatoms. The van der Waals surface area contributed by atoms with Crippen molar-refractivity contribution < 1.29 is 19.8 Å². The molecule has 0 bridgehead atoms. The first-order valence-electron chi connectivity index (χ1n) is 6.12. The van der Waals surface area contributed by atoms with E-state index in [0.717, 1.165) is 12.8 Å². The number of amides is 1. The van der Waals surface area contributed by atoms with Gasteiger partial charge < -0.3 is 15.5 Å². The highest BCUT2D eigenvalue weighted by atomic mass is 32.1. The fourth-order valence-corrected chi connectivity index (χ4v) is 1.17. The maximum Gasteiger partial charge on any atom is 0.308 e. The van der Waals surface area contributed by atoms with Crippen LogP contribution in [0.3, 0.4) is 0 Å². The molecule has 0 saturated carbocycles. The summed E-state index contributed by atoms with van der Waals surface area (Å²) in [5.41, 5.74) is 0. The van der Waals surface area contributed by atoms with Gasteiger partial charge >= 0.3 is 5.97 Å². The van der Waals surface area contributed by atoms with E-state index in [1.165, 1.54) is 13.8 Å². The summed E-state index contributed by atoms with van der Waals surface area (Å²) in [6.07, 6.45) is 1.78. The normalized spacial score (nSPS) is 12.9. The lowest BCUT2D eigenvalue weighted by molar-refractivity contribution is -0.145. The van der Waals surface area contributed by atoms with Gasteiger partial charge in [0.25, 0.3) is 0 Å². The van der Waals surface area contributed by atoms with E-state index in [1.807, 2.05) is 6.92 Å². The average Bonchev–Trinajstić information content (AvgIpc) is 2.32. The molecule has 0 aliphatic rings. The largest absolute Gasteiger partial charge is 0.481 e. The second-order valence-corrected chi connectivity index (χ2v) is 4.49. The van der Waals surface area contributed by atoms with E-state index in [0.29, 0.717) is 18.7 Å². The molecule has 108 valence electrons. The zero-order chi connectivity index (χ0) is 14.6. The van der Waals surface area contributed by atoms with Crippen LogP contribution >= 0.6 is 12.6 Å². The molecule has 0 heterocycles. The molecule has 2 unspecified atom stereocenters. The second-order valence-electron chi connectivity index (χ2n) is 4.04. The van der Waals surface area contributed by atoms with Crippen molar-refractivity contribution in [3.8, 4) is 0 Å². The number of carbonyl (C=O) groups excluding carboxylic acids is 1. The lowest BCUT2D eigenvalue weighted by Gasteiger charge is -2.13. The van der Waals surface area contributed by atoms with Crippen LogP contribution in [-0.2, 0) is 9.59 Å². The Hall–Kier alpha value is -0.750. The second kappa shape index (κ2) is 12.7. The zero-order valence-electron chi connectivity index (χ0n) is 11.3. The van der Waals surface area contributed by atoms with Crippen LogP contribution in [0.2, 0.25) is 0 Å². The van der Waals surface area contributed by atoms with Crippen LogP contribution in [0.5, 0.6) is 0 Å². The Balaban J connectivity index is 0. The van der Waals surface area contributed by atoms with Crippen LogP contribution < -0.4 is 5.32 Å². The Kier molecular flexibility index (Phi) is 13.8. The molecular formula is C12H25NO4S. The summed E-state index contributed by atoms with van der Waals surface area (Å²) in [6, 6.07) is 0. The SMILES string of the molecule is CC(=O)NCCS.CCCCC(O)C(C)C(=O)O. The lowest BCUT2D eigenvalue weighted by Crippen LogP contribution is -2.25. The minimum atomic E-state index is -0.923. The van der Waals surface area contributed by atoms with Crippen molar-refractivity contribution in [3.05, 3.63) is 0 Å². The van der Waals surface area contributed by atoms with Crippen molar-refractivity contribution in [2.24, 2.45) is 5.92 Å². The Bertz CT molecular complexity index is 236. The molecular weight excluding hydrogens is 254 g/mol. The number of aliphatic hydroxyl groups is 1. The van der Waals surface area contributed by atoms with Gasteiger partial charge in [-0.1, -0.05) is 19.8 Å². The highest BCUT2D eigenvalue weighted by Crippen LogP contribution is 2.10. The van der Waals surface area contributed by atoms with Crippen molar-refractivity contribution >= 4 is 24.5 Å². The van der Waals surface area contributed by atoms with Gasteiger partial charge in [-0.15, -0.1) is 0 Å². The number of carbonyl (C=O) groups is 2. The number of hydrogen-bond donors (Lipinski definition) is 4. The van der Waals surface area contributed by atoms with Gasteiger partial charge in [0.1, 0.15) is 0 Å². The Morgan fingerprint density at radius 3 is 2.22 bits per heavy atom. The first-order valence-corrected chi connectivity index (χ1v) is 6.76. The molecule has 0 aromatic carbocycles. The molecule has 0 aromatic rings. The fourth-order valence-electron chi connectivity index (χ4n) is 1.06. The summed E-state index contributed by atoms with van der Waals surface area (Å²) in [5, 5.41) is 20.3. The number of hydrogen-bond acceptors (Lipinski definition) is 4. The van der Waals surface area contributed by atoms with Crippen molar-refractivity contribution in [2.75, 3.05) is 12.3 Å². The van der Waals surface area contributed by atoms with Crippen molar-refractivity contribution in [1.82, 2.24) is 5.32 Å². The van der Waals surface area contributed by atoms with E-state index < -0.39 is 18.0 Å². The molecule has 18 heavy (non-hydrogen) atoms. The van der Waals surface area contributed by atoms with Crippen molar-refractivity contribution in [1.29, 1.82) is 0 Å². The summed E-state index contributed by atoms with van der Waals surface area (Å²) in [4.78, 5) is 20.4. The maximum absolute atomic E-state index is 10.3. The Morgan fingerprint density at radius 1 is 1.39 bits per heavy atom. The van der Waals surface area contributed by atoms with Crippen LogP contribution in [0.15, 0.2) is 0 Å². The molecule has 0 aromatic heterocycles. The van der Waals surface area contributed by atoms with Gasteiger partial charge in [0.2, 0.25) is 5.91 Å². The summed E-state index contributed by atoms with van der Waals surface area (Å²) >= 11 is 3.88. The van der Waals surface area contributed by atoms with Crippen LogP contribution in [0.1, 0.15) is 40.0 Å². The first-order chi connectivity index (χ1) is 8.36. The van der Waals surface area contributed by atoms with E-state index in [1.54, 1.807) is 0 Å². The number of aliphatic hydroxyl groups excluding tert-OH is 1. The summed E-state index contributed by atoms with van der Waals surface area (Å²) in [6.45, 7) is 5.70. The van der Waals surface area contributed by atoms with Gasteiger partial charge in [-0.25, -0.2) is 0 Å². The zero-order valence-corrected chi connectivity index (χ0v) is 12.2. The molecule has 0 spiro atoms. The minimum absolute atomic E-state index is 0.00838. The third-order valence-corrected chi connectivity index (χ3v) is 2.53. The van der Waals surface area contributed by atoms with Crippen LogP contribution in [0, 0.1) is 5.92 Å². The lowest BCUT2D eigenvalue weighted by atomic mass is 10.0. The standard InChI is InChI=1S/C8H16O3.C4H9NOS/c1-3-4-5-7(9)6(2)8(10)11;1-4(6)5-2-3-7/h6-7,9H,3-5H2,1-2H3,(H,10,11);7H,2-3H2,1H3,(H,5,6). The quantitative estimate of drug-likeness (QED) is 0.529. The number of rotatable bonds is 7. The molecule has 0 aliphatic carbocycles. The predicted octanol–water partition coefficient (Wildman–Crippen LogP) is 1.31. The number of carboxylic acid groups (broad SMARTS) is 1. The van der Waals surface area contributed by atoms with E-state index in [2.05, 4.69) is 17.9 Å². The number of carboxylic acids is 1. The Labute approximate surface area is 114 Å². The van der Waals surface area contributed by atoms with E-state index in [9.17, 15) is 14.7 Å². The van der Waals surface area contributed by atoms with Gasteiger partial charge in [-0.05, 0) is 13.3 Å². The topological polar surface area (TPSA) is 86.6 Å². The summed E-state index contributed by atoms with van der Waals surface area (Å²) < 4.78 is 0. The number of nitrogens with one attached hydrogen (secondary N) is 1. The third kappa shape index (κ3) is 13.3. The van der Waals surface area contributed by atoms with Gasteiger partial charge in [-0.3, -0.25) is 9.59 Å². The van der Waals surface area contributed by atoms with Crippen molar-refractivity contribution in [3.63, 3.8) is 0 Å². The molecule has 0 rings (SSSR count). The average molecular weight is 279 g/mol. The molecule has 1 amide bonds. The van der Waals surface area contributed by atoms with Gasteiger partial charge in [0.05, 0.1) is 12.0 Å². The summed E-state index contributed by atoms with van der Waals surface area (Å²) in [7, 11) is 0. The molecule has 2 atom stereocenters. The molecule has 3 N–H and O–H groups in total. The smallest absolute Gasteiger partial charge is 0.308 e. The number of thiol groups is 1. The predicted molar refractivity (Wildman–Crippen MR) is 74.9 cm³/mol. The van der Waals surface area contributed by atoms with Gasteiger partial charge in [0.15, 0.2) is 0 Å². The van der Waals surface area contributed by atoms with Crippen LogP contribution in [0.4, 0.5) is 0 Å². The third-order valence-electron chi connectivity index (χ3n) is 2.31. The molecule has 0 saturated heterocycles. The van der Waals surface area contributed by atoms with E-state index in [4.69, 9.17) is 5.11 Å². The van der Waals surface area contributed by atoms with E-state index >= 15 is 0 Å². The van der Waals surface area contributed by atoms with Crippen molar-refractivity contribution in [2.45, 2.75) is 46.1 Å². The summed E-state index contributed by atoms with van der Waals surface area (Å²) in [5.74, 6) is -0.844. The Morgan fingerprint density at radius 2 is 1.94 bits per heavy atom. The minimum Gasteiger partial charge on any atom is -0.481 e. The molecule has 0 aliphatic heterocycles. The highest BCUT2D eigenvalue weighted by Gasteiger charge is 2.19. The van der Waals surface area contributed by atoms with Gasteiger partial charge in [0, 0.05) is 19.2 Å².